The normalized spacial score (nSPS) is 18.0. The van der Waals surface area contributed by atoms with Crippen molar-refractivity contribution in [3.05, 3.63) is 28.3 Å². The van der Waals surface area contributed by atoms with Crippen molar-refractivity contribution in [3.8, 4) is 5.75 Å². The second kappa shape index (κ2) is 4.27. The van der Waals surface area contributed by atoms with Crippen LogP contribution in [0.15, 0.2) is 12.1 Å². The summed E-state index contributed by atoms with van der Waals surface area (Å²) in [4.78, 5) is 0. The molecule has 1 aliphatic carbocycles. The summed E-state index contributed by atoms with van der Waals surface area (Å²) in [6.45, 7) is 2.66. The van der Waals surface area contributed by atoms with Crippen molar-refractivity contribution in [2.24, 2.45) is 5.73 Å². The Balaban J connectivity index is 2.50. The van der Waals surface area contributed by atoms with Crippen LogP contribution in [0.2, 0.25) is 5.02 Å². The van der Waals surface area contributed by atoms with Gasteiger partial charge >= 0.3 is 0 Å². The van der Waals surface area contributed by atoms with E-state index in [0.717, 1.165) is 29.2 Å². The lowest BCUT2D eigenvalue weighted by molar-refractivity contribution is 0.243. The predicted octanol–water partition coefficient (Wildman–Crippen LogP) is 3.04. The van der Waals surface area contributed by atoms with Gasteiger partial charge in [-0.15, -0.1) is 0 Å². The van der Waals surface area contributed by atoms with Crippen molar-refractivity contribution in [3.63, 3.8) is 0 Å². The first-order valence-electron chi connectivity index (χ1n) is 5.67. The second-order valence-electron chi connectivity index (χ2n) is 4.64. The van der Waals surface area contributed by atoms with Crippen LogP contribution in [0.1, 0.15) is 30.4 Å². The zero-order valence-corrected chi connectivity index (χ0v) is 10.6. The minimum Gasteiger partial charge on any atom is -0.496 e. The highest BCUT2D eigenvalue weighted by Crippen LogP contribution is 2.47. The smallest absolute Gasteiger partial charge is 0.123 e. The lowest BCUT2D eigenvalue weighted by Crippen LogP contribution is -2.41. The molecule has 1 aliphatic rings. The standard InChI is InChI=1S/C13H18ClNO/c1-9-6-12(16-2)10(7-11(9)14)13(8-15)4-3-5-13/h6-7H,3-5,8,15H2,1-2H3. The van der Waals surface area contributed by atoms with Gasteiger partial charge in [-0.05, 0) is 37.5 Å². The van der Waals surface area contributed by atoms with Crippen molar-refractivity contribution in [1.29, 1.82) is 0 Å². The van der Waals surface area contributed by atoms with Gasteiger partial charge in [-0.2, -0.15) is 0 Å². The van der Waals surface area contributed by atoms with Crippen LogP contribution < -0.4 is 10.5 Å². The summed E-state index contributed by atoms with van der Waals surface area (Å²) >= 11 is 6.19. The minimum absolute atomic E-state index is 0.0999. The third-order valence-electron chi connectivity index (χ3n) is 3.75. The fraction of sp³-hybridized carbons (Fsp3) is 0.538. The summed E-state index contributed by atoms with van der Waals surface area (Å²) in [6.07, 6.45) is 3.52. The monoisotopic (exact) mass is 239 g/mol. The minimum atomic E-state index is 0.0999. The van der Waals surface area contributed by atoms with E-state index in [2.05, 4.69) is 0 Å². The highest BCUT2D eigenvalue weighted by atomic mass is 35.5. The second-order valence-corrected chi connectivity index (χ2v) is 5.05. The Morgan fingerprint density at radius 1 is 1.44 bits per heavy atom. The molecule has 0 atom stereocenters. The average Bonchev–Trinajstić information content (AvgIpc) is 2.22. The van der Waals surface area contributed by atoms with Gasteiger partial charge in [-0.25, -0.2) is 0 Å². The van der Waals surface area contributed by atoms with Gasteiger partial charge < -0.3 is 10.5 Å². The van der Waals surface area contributed by atoms with Crippen molar-refractivity contribution in [2.45, 2.75) is 31.6 Å². The fourth-order valence-electron chi connectivity index (χ4n) is 2.43. The van der Waals surface area contributed by atoms with Crippen LogP contribution in [0.5, 0.6) is 5.75 Å². The summed E-state index contributed by atoms with van der Waals surface area (Å²) < 4.78 is 5.45. The SMILES string of the molecule is COc1cc(C)c(Cl)cc1C1(CN)CCC1. The molecule has 2 rings (SSSR count). The molecule has 2 nitrogen and oxygen atoms in total. The molecule has 1 aromatic carbocycles. The van der Waals surface area contributed by atoms with Crippen LogP contribution in [-0.2, 0) is 5.41 Å². The van der Waals surface area contributed by atoms with Gasteiger partial charge in [0.2, 0.25) is 0 Å². The van der Waals surface area contributed by atoms with Gasteiger partial charge in [0.25, 0.3) is 0 Å². The molecule has 0 saturated heterocycles. The molecule has 1 saturated carbocycles. The largest absolute Gasteiger partial charge is 0.496 e. The van der Waals surface area contributed by atoms with Crippen LogP contribution in [0.3, 0.4) is 0 Å². The number of methoxy groups -OCH3 is 1. The quantitative estimate of drug-likeness (QED) is 0.880. The Labute approximate surface area is 102 Å². The lowest BCUT2D eigenvalue weighted by Gasteiger charge is -2.42. The maximum absolute atomic E-state index is 6.19. The summed E-state index contributed by atoms with van der Waals surface area (Å²) in [6, 6.07) is 4.04. The van der Waals surface area contributed by atoms with Gasteiger partial charge in [-0.3, -0.25) is 0 Å². The van der Waals surface area contributed by atoms with Crippen LogP contribution in [-0.4, -0.2) is 13.7 Å². The molecule has 1 aromatic rings. The van der Waals surface area contributed by atoms with Crippen molar-refractivity contribution in [2.75, 3.05) is 13.7 Å². The van der Waals surface area contributed by atoms with Gasteiger partial charge in [-0.1, -0.05) is 18.0 Å². The topological polar surface area (TPSA) is 35.2 Å². The Bertz CT molecular complexity index is 394. The van der Waals surface area contributed by atoms with Crippen molar-refractivity contribution < 1.29 is 4.74 Å². The first-order valence-corrected chi connectivity index (χ1v) is 6.05. The fourth-order valence-corrected chi connectivity index (χ4v) is 2.59. The molecular formula is C13H18ClNO. The Kier molecular flexibility index (Phi) is 3.13. The molecule has 2 N–H and O–H groups in total. The summed E-state index contributed by atoms with van der Waals surface area (Å²) in [5, 5.41) is 0.801. The average molecular weight is 240 g/mol. The molecule has 0 bridgehead atoms. The van der Waals surface area contributed by atoms with E-state index in [-0.39, 0.29) is 5.41 Å². The van der Waals surface area contributed by atoms with E-state index in [9.17, 15) is 0 Å². The van der Waals surface area contributed by atoms with Gasteiger partial charge in [0.05, 0.1) is 7.11 Å². The highest BCUT2D eigenvalue weighted by molar-refractivity contribution is 6.31. The third-order valence-corrected chi connectivity index (χ3v) is 4.16. The number of ether oxygens (including phenoxy) is 1. The van der Waals surface area contributed by atoms with E-state index in [0.29, 0.717) is 6.54 Å². The first kappa shape index (κ1) is 11.7. The molecule has 88 valence electrons. The maximum Gasteiger partial charge on any atom is 0.123 e. The van der Waals surface area contributed by atoms with Gasteiger partial charge in [0.15, 0.2) is 0 Å². The van der Waals surface area contributed by atoms with Crippen LogP contribution in [0.25, 0.3) is 0 Å². The third kappa shape index (κ3) is 1.70. The molecule has 0 amide bonds. The molecule has 0 aromatic heterocycles. The summed E-state index contributed by atoms with van der Waals surface area (Å²) in [5.74, 6) is 0.923. The number of benzene rings is 1. The summed E-state index contributed by atoms with van der Waals surface area (Å²) in [7, 11) is 1.70. The van der Waals surface area contributed by atoms with E-state index in [1.165, 1.54) is 12.0 Å². The highest BCUT2D eigenvalue weighted by Gasteiger charge is 2.39. The van der Waals surface area contributed by atoms with Gasteiger partial charge in [0.1, 0.15) is 5.75 Å². The van der Waals surface area contributed by atoms with Crippen LogP contribution >= 0.6 is 11.6 Å². The molecule has 0 radical (unpaired) electrons. The van der Waals surface area contributed by atoms with E-state index in [1.807, 2.05) is 19.1 Å². The Morgan fingerprint density at radius 3 is 2.56 bits per heavy atom. The number of aryl methyl sites for hydroxylation is 1. The molecule has 0 heterocycles. The molecule has 0 unspecified atom stereocenters. The van der Waals surface area contributed by atoms with Crippen LogP contribution in [0, 0.1) is 6.92 Å². The molecule has 0 spiro atoms. The van der Waals surface area contributed by atoms with Crippen molar-refractivity contribution in [1.82, 2.24) is 0 Å². The molecule has 16 heavy (non-hydrogen) atoms. The van der Waals surface area contributed by atoms with E-state index in [4.69, 9.17) is 22.1 Å². The van der Waals surface area contributed by atoms with E-state index >= 15 is 0 Å². The first-order chi connectivity index (χ1) is 7.63. The van der Waals surface area contributed by atoms with Crippen molar-refractivity contribution >= 4 is 11.6 Å². The van der Waals surface area contributed by atoms with Gasteiger partial charge in [0, 0.05) is 22.5 Å². The van der Waals surface area contributed by atoms with E-state index < -0.39 is 0 Å². The predicted molar refractivity (Wildman–Crippen MR) is 67.3 cm³/mol. The zero-order valence-electron chi connectivity index (χ0n) is 9.85. The zero-order chi connectivity index (χ0) is 11.8. The molecule has 0 aliphatic heterocycles. The number of hydrogen-bond acceptors (Lipinski definition) is 2. The molecule has 3 heteroatoms. The molecule has 1 fully saturated rings. The number of hydrogen-bond donors (Lipinski definition) is 1. The summed E-state index contributed by atoms with van der Waals surface area (Å²) in [5.41, 5.74) is 8.24. The molecular weight excluding hydrogens is 222 g/mol. The maximum atomic E-state index is 6.19. The van der Waals surface area contributed by atoms with Crippen LogP contribution in [0.4, 0.5) is 0 Å². The number of rotatable bonds is 3. The van der Waals surface area contributed by atoms with E-state index in [1.54, 1.807) is 7.11 Å². The lowest BCUT2D eigenvalue weighted by atomic mass is 9.64. The Hall–Kier alpha value is -0.730. The Morgan fingerprint density at radius 2 is 2.12 bits per heavy atom. The number of nitrogens with two attached hydrogens (primary N) is 1. The number of halogens is 1.